The maximum Gasteiger partial charge on any atom is 0.254 e. The highest BCUT2D eigenvalue weighted by molar-refractivity contribution is 6.32. The second-order valence-corrected chi connectivity index (χ2v) is 6.59. The molecule has 0 fully saturated rings. The molecule has 1 amide bonds. The number of halogens is 3. The summed E-state index contributed by atoms with van der Waals surface area (Å²) in [6, 6.07) is 5.47. The Labute approximate surface area is 158 Å². The monoisotopic (exact) mass is 389 g/mol. The van der Waals surface area contributed by atoms with Gasteiger partial charge in [0.25, 0.3) is 5.91 Å². The maximum atomic E-state index is 13.5. The summed E-state index contributed by atoms with van der Waals surface area (Å²) in [5.41, 5.74) is 1.27. The third-order valence-electron chi connectivity index (χ3n) is 4.57. The second-order valence-electron chi connectivity index (χ2n) is 6.21. The Morgan fingerprint density at radius 2 is 1.96 bits per heavy atom. The fraction of sp³-hybridized carbons (Fsp3) is 0.222. The molecule has 0 atom stereocenters. The lowest BCUT2D eigenvalue weighted by molar-refractivity contribution is 0.0707. The van der Waals surface area contributed by atoms with Crippen molar-refractivity contribution in [1.29, 1.82) is 0 Å². The third-order valence-corrected chi connectivity index (χ3v) is 5.03. The molecule has 0 bridgehead atoms. The number of fused-ring (bicyclic) bond motifs is 1. The Hall–Kier alpha value is -2.87. The number of rotatable bonds is 2. The van der Waals surface area contributed by atoms with E-state index >= 15 is 0 Å². The van der Waals surface area contributed by atoms with E-state index in [0.29, 0.717) is 41.6 Å². The fourth-order valence-corrected chi connectivity index (χ4v) is 3.25. The third kappa shape index (κ3) is 3.06. The molecule has 2 aromatic heterocycles. The molecule has 1 aliphatic heterocycles. The number of carbonyl (C=O) groups excluding carboxylic acids is 1. The molecule has 0 aliphatic carbocycles. The molecule has 0 spiro atoms. The van der Waals surface area contributed by atoms with Crippen molar-refractivity contribution >= 4 is 17.5 Å². The first-order chi connectivity index (χ1) is 13.0. The zero-order chi connectivity index (χ0) is 19.1. The lowest BCUT2D eigenvalue weighted by Gasteiger charge is -2.28. The zero-order valence-electron chi connectivity index (χ0n) is 14.3. The molecule has 3 aromatic rings. The van der Waals surface area contributed by atoms with Crippen molar-refractivity contribution in [3.05, 3.63) is 64.1 Å². The molecule has 138 valence electrons. The largest absolute Gasteiger partial charge is 0.329 e. The average molecular weight is 390 g/mol. The Balaban J connectivity index is 1.60. The van der Waals surface area contributed by atoms with E-state index in [1.54, 1.807) is 11.8 Å². The summed E-state index contributed by atoms with van der Waals surface area (Å²) in [7, 11) is 0. The van der Waals surface area contributed by atoms with E-state index in [1.807, 2.05) is 4.57 Å². The maximum absolute atomic E-state index is 13.5. The highest BCUT2D eigenvalue weighted by Crippen LogP contribution is 2.26. The van der Waals surface area contributed by atoms with Gasteiger partial charge in [0, 0.05) is 18.7 Å². The first kappa shape index (κ1) is 17.5. The Morgan fingerprint density at radius 3 is 2.70 bits per heavy atom. The molecule has 4 rings (SSSR count). The van der Waals surface area contributed by atoms with Gasteiger partial charge in [0.1, 0.15) is 17.3 Å². The number of benzene rings is 1. The van der Waals surface area contributed by atoms with E-state index < -0.39 is 11.6 Å². The van der Waals surface area contributed by atoms with Gasteiger partial charge in [-0.15, -0.1) is 10.2 Å². The van der Waals surface area contributed by atoms with Crippen molar-refractivity contribution in [3.63, 3.8) is 0 Å². The van der Waals surface area contributed by atoms with Gasteiger partial charge in [0.05, 0.1) is 17.8 Å². The molecule has 9 heteroatoms. The summed E-state index contributed by atoms with van der Waals surface area (Å²) in [6.45, 7) is 2.76. The van der Waals surface area contributed by atoms with Crippen molar-refractivity contribution in [3.8, 4) is 11.5 Å². The minimum atomic E-state index is -0.555. The molecule has 0 saturated carbocycles. The Kier molecular flexibility index (Phi) is 4.35. The number of aromatic nitrogens is 4. The molecule has 0 radical (unpaired) electrons. The van der Waals surface area contributed by atoms with Gasteiger partial charge in [-0.1, -0.05) is 11.6 Å². The highest BCUT2D eigenvalue weighted by atomic mass is 35.5. The topological polar surface area (TPSA) is 63.9 Å². The van der Waals surface area contributed by atoms with E-state index in [-0.39, 0.29) is 17.5 Å². The number of nitrogens with zero attached hydrogens (tertiary/aromatic N) is 5. The zero-order valence-corrected chi connectivity index (χ0v) is 15.0. The van der Waals surface area contributed by atoms with E-state index in [4.69, 9.17) is 11.6 Å². The van der Waals surface area contributed by atoms with Crippen LogP contribution in [0.15, 0.2) is 30.5 Å². The summed E-state index contributed by atoms with van der Waals surface area (Å²) in [5, 5.41) is 8.21. The van der Waals surface area contributed by atoms with Crippen LogP contribution in [0.25, 0.3) is 11.5 Å². The molecule has 0 unspecified atom stereocenters. The van der Waals surface area contributed by atoms with Crippen LogP contribution in [0.3, 0.4) is 0 Å². The van der Waals surface area contributed by atoms with E-state index in [2.05, 4.69) is 15.2 Å². The lowest BCUT2D eigenvalue weighted by atomic mass is 10.1. The summed E-state index contributed by atoms with van der Waals surface area (Å²) in [4.78, 5) is 18.5. The summed E-state index contributed by atoms with van der Waals surface area (Å²) >= 11 is 5.92. The predicted molar refractivity (Wildman–Crippen MR) is 94.1 cm³/mol. The number of carbonyl (C=O) groups is 1. The van der Waals surface area contributed by atoms with Crippen molar-refractivity contribution in [2.24, 2.45) is 0 Å². The van der Waals surface area contributed by atoms with Crippen molar-refractivity contribution in [1.82, 2.24) is 24.6 Å². The van der Waals surface area contributed by atoms with Crippen LogP contribution in [0.2, 0.25) is 5.02 Å². The number of hydrogen-bond acceptors (Lipinski definition) is 4. The molecule has 1 aliphatic rings. The van der Waals surface area contributed by atoms with E-state index in [0.717, 1.165) is 6.20 Å². The van der Waals surface area contributed by atoms with Crippen molar-refractivity contribution in [2.45, 2.75) is 20.0 Å². The summed E-state index contributed by atoms with van der Waals surface area (Å²) in [6.07, 6.45) is 1.12. The van der Waals surface area contributed by atoms with Gasteiger partial charge in [-0.3, -0.25) is 4.79 Å². The molecular formula is C18H14ClF2N5O. The Bertz CT molecular complexity index is 1030. The fourth-order valence-electron chi connectivity index (χ4n) is 3.08. The molecular weight excluding hydrogens is 376 g/mol. The van der Waals surface area contributed by atoms with Crippen molar-refractivity contribution in [2.75, 3.05) is 6.54 Å². The number of hydrogen-bond donors (Lipinski definition) is 0. The summed E-state index contributed by atoms with van der Waals surface area (Å²) < 4.78 is 28.5. The molecule has 6 nitrogen and oxygen atoms in total. The standard InChI is InChI=1S/C18H14ClF2N5O/c1-10-12(3-4-13(21)16(10)19)18(27)25-6-7-26-15(9-25)23-24-17(26)14-5-2-11(20)8-22-14/h2-5,8H,6-7,9H2,1H3. The van der Waals surface area contributed by atoms with Gasteiger partial charge < -0.3 is 9.47 Å². The molecule has 27 heavy (non-hydrogen) atoms. The second kappa shape index (κ2) is 6.70. The van der Waals surface area contributed by atoms with Crippen LogP contribution in [-0.4, -0.2) is 37.1 Å². The minimum Gasteiger partial charge on any atom is -0.329 e. The van der Waals surface area contributed by atoms with Crippen LogP contribution >= 0.6 is 11.6 Å². The normalized spacial score (nSPS) is 13.6. The predicted octanol–water partition coefficient (Wildman–Crippen LogP) is 3.24. The van der Waals surface area contributed by atoms with E-state index in [9.17, 15) is 13.6 Å². The van der Waals surface area contributed by atoms with Gasteiger partial charge in [0.15, 0.2) is 11.6 Å². The van der Waals surface area contributed by atoms with Crippen LogP contribution < -0.4 is 0 Å². The van der Waals surface area contributed by atoms with Gasteiger partial charge >= 0.3 is 0 Å². The van der Waals surface area contributed by atoms with Crippen LogP contribution in [0.4, 0.5) is 8.78 Å². The number of amides is 1. The van der Waals surface area contributed by atoms with Crippen LogP contribution in [0.5, 0.6) is 0 Å². The van der Waals surface area contributed by atoms with Gasteiger partial charge in [0.2, 0.25) is 0 Å². The van der Waals surface area contributed by atoms with E-state index in [1.165, 1.54) is 24.3 Å². The van der Waals surface area contributed by atoms with Gasteiger partial charge in [-0.25, -0.2) is 13.8 Å². The van der Waals surface area contributed by atoms with Crippen molar-refractivity contribution < 1.29 is 13.6 Å². The van der Waals surface area contributed by atoms with Crippen LogP contribution in [-0.2, 0) is 13.1 Å². The smallest absolute Gasteiger partial charge is 0.254 e. The van der Waals surface area contributed by atoms with Crippen LogP contribution in [0, 0.1) is 18.6 Å². The molecule has 0 N–H and O–H groups in total. The first-order valence-electron chi connectivity index (χ1n) is 8.23. The summed E-state index contributed by atoms with van der Waals surface area (Å²) in [5.74, 6) is -0.104. The Morgan fingerprint density at radius 1 is 1.15 bits per heavy atom. The minimum absolute atomic E-state index is 0.0503. The quantitative estimate of drug-likeness (QED) is 0.675. The average Bonchev–Trinajstić information content (AvgIpc) is 3.09. The first-order valence-corrected chi connectivity index (χ1v) is 8.61. The molecule has 1 aromatic carbocycles. The molecule has 0 saturated heterocycles. The lowest BCUT2D eigenvalue weighted by Crippen LogP contribution is -2.39. The number of pyridine rings is 1. The van der Waals surface area contributed by atoms with Gasteiger partial charge in [-0.2, -0.15) is 0 Å². The molecule has 3 heterocycles. The highest BCUT2D eigenvalue weighted by Gasteiger charge is 2.27. The SMILES string of the molecule is Cc1c(C(=O)N2CCn3c(nnc3-c3ccc(F)cn3)C2)ccc(F)c1Cl. The van der Waals surface area contributed by atoms with Gasteiger partial charge in [-0.05, 0) is 36.8 Å². The van der Waals surface area contributed by atoms with Crippen LogP contribution in [0.1, 0.15) is 21.7 Å².